The Kier molecular flexibility index (Phi) is 5.44. The van der Waals surface area contributed by atoms with E-state index in [4.69, 9.17) is 9.47 Å². The van der Waals surface area contributed by atoms with Crippen LogP contribution in [0.4, 0.5) is 0 Å². The first-order chi connectivity index (χ1) is 10.2. The zero-order valence-electron chi connectivity index (χ0n) is 13.0. The Hall–Kier alpha value is -1.75. The highest BCUT2D eigenvalue weighted by atomic mass is 16.5. The highest BCUT2D eigenvalue weighted by Crippen LogP contribution is 2.29. The van der Waals surface area contributed by atoms with Gasteiger partial charge in [0.1, 0.15) is 0 Å². The molecular weight excluding hydrogens is 268 g/mol. The fraction of sp³-hybridized carbons (Fsp3) is 0.562. The Bertz CT molecular complexity index is 490. The normalized spacial score (nSPS) is 17.9. The summed E-state index contributed by atoms with van der Waals surface area (Å²) in [5.41, 5.74) is 0.653. The van der Waals surface area contributed by atoms with Crippen molar-refractivity contribution in [3.8, 4) is 11.5 Å². The lowest BCUT2D eigenvalue weighted by molar-refractivity contribution is 0.0787. The standard InChI is InChI=1S/C16H24N2O3/c1-4-21-14-6-5-13(9-15(14)20-3)16(19)18-8-7-12(11-18)10-17-2/h5-6,9,12,17H,4,7-8,10-11H2,1-3H3. The van der Waals surface area contributed by atoms with Crippen molar-refractivity contribution in [3.05, 3.63) is 23.8 Å². The van der Waals surface area contributed by atoms with Crippen molar-refractivity contribution in [1.29, 1.82) is 0 Å². The summed E-state index contributed by atoms with van der Waals surface area (Å²) in [6, 6.07) is 5.37. The molecule has 1 fully saturated rings. The van der Waals surface area contributed by atoms with Crippen LogP contribution in [-0.2, 0) is 0 Å². The van der Waals surface area contributed by atoms with E-state index in [0.29, 0.717) is 29.6 Å². The number of amides is 1. The first-order valence-electron chi connectivity index (χ1n) is 7.44. The third-order valence-electron chi connectivity index (χ3n) is 3.78. The lowest BCUT2D eigenvalue weighted by Gasteiger charge is -2.18. The second-order valence-corrected chi connectivity index (χ2v) is 5.26. The quantitative estimate of drug-likeness (QED) is 0.868. The van der Waals surface area contributed by atoms with Crippen LogP contribution in [-0.4, -0.2) is 51.2 Å². The zero-order chi connectivity index (χ0) is 15.2. The van der Waals surface area contributed by atoms with E-state index in [0.717, 1.165) is 26.1 Å². The summed E-state index contributed by atoms with van der Waals surface area (Å²) in [7, 11) is 3.53. The summed E-state index contributed by atoms with van der Waals surface area (Å²) in [6.07, 6.45) is 1.06. The maximum Gasteiger partial charge on any atom is 0.254 e. The van der Waals surface area contributed by atoms with Crippen molar-refractivity contribution >= 4 is 5.91 Å². The molecule has 1 heterocycles. The van der Waals surface area contributed by atoms with Gasteiger partial charge in [-0.05, 0) is 51.1 Å². The van der Waals surface area contributed by atoms with Gasteiger partial charge in [-0.25, -0.2) is 0 Å². The van der Waals surface area contributed by atoms with Gasteiger partial charge in [-0.15, -0.1) is 0 Å². The maximum atomic E-state index is 12.5. The molecule has 21 heavy (non-hydrogen) atoms. The Morgan fingerprint density at radius 3 is 2.90 bits per heavy atom. The summed E-state index contributed by atoms with van der Waals surface area (Å²) < 4.78 is 10.8. The number of nitrogens with zero attached hydrogens (tertiary/aromatic N) is 1. The monoisotopic (exact) mass is 292 g/mol. The zero-order valence-corrected chi connectivity index (χ0v) is 13.0. The second kappa shape index (κ2) is 7.31. The van der Waals surface area contributed by atoms with Gasteiger partial charge in [-0.3, -0.25) is 4.79 Å². The highest BCUT2D eigenvalue weighted by molar-refractivity contribution is 5.95. The largest absolute Gasteiger partial charge is 0.493 e. The smallest absolute Gasteiger partial charge is 0.254 e. The van der Waals surface area contributed by atoms with Crippen LogP contribution in [0.15, 0.2) is 18.2 Å². The van der Waals surface area contributed by atoms with E-state index >= 15 is 0 Å². The van der Waals surface area contributed by atoms with Gasteiger partial charge in [-0.1, -0.05) is 0 Å². The number of rotatable bonds is 6. The molecule has 1 N–H and O–H groups in total. The van der Waals surface area contributed by atoms with E-state index in [9.17, 15) is 4.79 Å². The van der Waals surface area contributed by atoms with Crippen molar-refractivity contribution in [2.75, 3.05) is 40.4 Å². The lowest BCUT2D eigenvalue weighted by Crippen LogP contribution is -2.30. The second-order valence-electron chi connectivity index (χ2n) is 5.26. The summed E-state index contributed by atoms with van der Waals surface area (Å²) >= 11 is 0. The van der Waals surface area contributed by atoms with E-state index < -0.39 is 0 Å². The number of likely N-dealkylation sites (tertiary alicyclic amines) is 1. The van der Waals surface area contributed by atoms with E-state index in [1.54, 1.807) is 25.3 Å². The molecule has 5 nitrogen and oxygen atoms in total. The van der Waals surface area contributed by atoms with Crippen LogP contribution in [0.3, 0.4) is 0 Å². The Morgan fingerprint density at radius 2 is 2.24 bits per heavy atom. The molecule has 0 radical (unpaired) electrons. The van der Waals surface area contributed by atoms with Crippen LogP contribution in [0.2, 0.25) is 0 Å². The topological polar surface area (TPSA) is 50.8 Å². The van der Waals surface area contributed by atoms with Crippen LogP contribution >= 0.6 is 0 Å². The maximum absolute atomic E-state index is 12.5. The predicted molar refractivity (Wildman–Crippen MR) is 82.1 cm³/mol. The number of hydrogen-bond acceptors (Lipinski definition) is 4. The number of carbonyl (C=O) groups is 1. The minimum atomic E-state index is 0.0648. The predicted octanol–water partition coefficient (Wildman–Crippen LogP) is 1.78. The van der Waals surface area contributed by atoms with E-state index in [1.807, 2.05) is 18.9 Å². The molecule has 1 unspecified atom stereocenters. The van der Waals surface area contributed by atoms with Crippen molar-refractivity contribution in [3.63, 3.8) is 0 Å². The van der Waals surface area contributed by atoms with Gasteiger partial charge >= 0.3 is 0 Å². The van der Waals surface area contributed by atoms with Crippen LogP contribution in [0.25, 0.3) is 0 Å². The molecule has 1 saturated heterocycles. The molecule has 1 amide bonds. The molecule has 0 aromatic heterocycles. The molecule has 0 bridgehead atoms. The molecule has 1 aromatic rings. The minimum absolute atomic E-state index is 0.0648. The van der Waals surface area contributed by atoms with Crippen molar-refractivity contribution in [2.45, 2.75) is 13.3 Å². The SMILES string of the molecule is CCOc1ccc(C(=O)N2CCC(CNC)C2)cc1OC. The van der Waals surface area contributed by atoms with Gasteiger partial charge in [0.05, 0.1) is 13.7 Å². The summed E-state index contributed by atoms with van der Waals surface area (Å²) in [4.78, 5) is 14.5. The molecule has 1 aliphatic rings. The number of hydrogen-bond donors (Lipinski definition) is 1. The van der Waals surface area contributed by atoms with E-state index in [1.165, 1.54) is 0 Å². The molecule has 0 spiro atoms. The summed E-state index contributed by atoms with van der Waals surface area (Å²) in [6.45, 7) is 5.08. The van der Waals surface area contributed by atoms with Gasteiger partial charge in [0.25, 0.3) is 5.91 Å². The van der Waals surface area contributed by atoms with Crippen molar-refractivity contribution in [2.24, 2.45) is 5.92 Å². The van der Waals surface area contributed by atoms with Crippen molar-refractivity contribution in [1.82, 2.24) is 10.2 Å². The Balaban J connectivity index is 2.09. The number of benzene rings is 1. The van der Waals surface area contributed by atoms with E-state index in [2.05, 4.69) is 5.32 Å². The van der Waals surface area contributed by atoms with Crippen LogP contribution < -0.4 is 14.8 Å². The van der Waals surface area contributed by atoms with Gasteiger partial charge in [0.15, 0.2) is 11.5 Å². The highest BCUT2D eigenvalue weighted by Gasteiger charge is 2.26. The van der Waals surface area contributed by atoms with Gasteiger partial charge in [0.2, 0.25) is 0 Å². The van der Waals surface area contributed by atoms with Gasteiger partial charge < -0.3 is 19.7 Å². The first kappa shape index (κ1) is 15.6. The number of ether oxygens (including phenoxy) is 2. The van der Waals surface area contributed by atoms with E-state index in [-0.39, 0.29) is 5.91 Å². The first-order valence-corrected chi connectivity index (χ1v) is 7.44. The fourth-order valence-corrected chi connectivity index (χ4v) is 2.73. The molecule has 0 aliphatic carbocycles. The van der Waals surface area contributed by atoms with Gasteiger partial charge in [-0.2, -0.15) is 0 Å². The lowest BCUT2D eigenvalue weighted by atomic mass is 10.1. The molecule has 0 saturated carbocycles. The number of nitrogens with one attached hydrogen (secondary N) is 1. The molecule has 1 aromatic carbocycles. The third kappa shape index (κ3) is 3.67. The van der Waals surface area contributed by atoms with Crippen LogP contribution in [0.5, 0.6) is 11.5 Å². The molecule has 1 atom stereocenters. The average molecular weight is 292 g/mol. The molecule has 1 aliphatic heterocycles. The molecule has 5 heteroatoms. The molecule has 116 valence electrons. The van der Waals surface area contributed by atoms with Gasteiger partial charge in [0, 0.05) is 18.7 Å². The summed E-state index contributed by atoms with van der Waals surface area (Å²) in [5.74, 6) is 1.89. The summed E-state index contributed by atoms with van der Waals surface area (Å²) in [5, 5.41) is 3.17. The van der Waals surface area contributed by atoms with Crippen LogP contribution in [0, 0.1) is 5.92 Å². The fourth-order valence-electron chi connectivity index (χ4n) is 2.73. The van der Waals surface area contributed by atoms with Crippen molar-refractivity contribution < 1.29 is 14.3 Å². The number of methoxy groups -OCH3 is 1. The van der Waals surface area contributed by atoms with Crippen LogP contribution in [0.1, 0.15) is 23.7 Å². The minimum Gasteiger partial charge on any atom is -0.493 e. The third-order valence-corrected chi connectivity index (χ3v) is 3.78. The molecule has 2 rings (SSSR count). The average Bonchev–Trinajstić information content (AvgIpc) is 2.96. The molecular formula is C16H24N2O3. The Morgan fingerprint density at radius 1 is 1.43 bits per heavy atom. The Labute approximate surface area is 126 Å². The number of carbonyl (C=O) groups excluding carboxylic acids is 1.